The molecule has 10 nitrogen and oxygen atoms in total. The van der Waals surface area contributed by atoms with Crippen molar-refractivity contribution in [2.24, 2.45) is 11.5 Å². The second-order valence-electron chi connectivity index (χ2n) is 3.07. The minimum absolute atomic E-state index is 0. The summed E-state index contributed by atoms with van der Waals surface area (Å²) in [4.78, 5) is 39.1. The van der Waals surface area contributed by atoms with Gasteiger partial charge in [-0.3, -0.25) is 14.4 Å². The Morgan fingerprint density at radius 2 is 1.21 bits per heavy atom. The molecule has 0 aliphatic rings. The Bertz CT molecular complexity index is 303. The molecule has 19 heavy (non-hydrogen) atoms. The van der Waals surface area contributed by atoms with Crippen LogP contribution in [-0.4, -0.2) is 51.3 Å². The van der Waals surface area contributed by atoms with Gasteiger partial charge >= 0.3 is 69.3 Å². The van der Waals surface area contributed by atoms with Gasteiger partial charge < -0.3 is 36.7 Å². The van der Waals surface area contributed by atoms with E-state index in [9.17, 15) is 24.3 Å². The van der Waals surface area contributed by atoms with E-state index in [-0.39, 0.29) is 51.4 Å². The number of carbonyl (C=O) groups is 4. The first-order valence-electron chi connectivity index (χ1n) is 4.46. The Kier molecular flexibility index (Phi) is 15.4. The summed E-state index contributed by atoms with van der Waals surface area (Å²) in [6.45, 7) is 0. The molecule has 0 aromatic carbocycles. The van der Waals surface area contributed by atoms with E-state index in [2.05, 4.69) is 0 Å². The molecule has 2 atom stereocenters. The average Bonchev–Trinajstić information content (AvgIpc) is 2.16. The number of hydrogen-bond donors (Lipinski definition) is 5. The molecule has 0 amide bonds. The predicted octanol–water partition coefficient (Wildman–Crippen LogP) is -6.58. The van der Waals surface area contributed by atoms with E-state index in [0.717, 1.165) is 0 Å². The maximum atomic E-state index is 9.85. The van der Waals surface area contributed by atoms with Crippen molar-refractivity contribution in [2.45, 2.75) is 24.9 Å². The number of hydrogen-bond acceptors (Lipinski definition) is 7. The van der Waals surface area contributed by atoms with Crippen molar-refractivity contribution < 1.29 is 91.0 Å². The quantitative estimate of drug-likeness (QED) is 0.293. The maximum Gasteiger partial charge on any atom is 1.00 e. The van der Waals surface area contributed by atoms with Crippen molar-refractivity contribution in [3.05, 3.63) is 0 Å². The Morgan fingerprint density at radius 3 is 1.32 bits per heavy atom. The fourth-order valence-electron chi connectivity index (χ4n) is 0.547. The van der Waals surface area contributed by atoms with Crippen LogP contribution in [-0.2, 0) is 19.2 Å². The first-order valence-corrected chi connectivity index (χ1v) is 4.46. The molecular formula is C8H13KN2O8. The molecule has 0 saturated heterocycles. The maximum absolute atomic E-state index is 9.85. The van der Waals surface area contributed by atoms with Crippen LogP contribution in [0.4, 0.5) is 0 Å². The van der Waals surface area contributed by atoms with E-state index in [1.165, 1.54) is 0 Å². The zero-order valence-corrected chi connectivity index (χ0v) is 13.2. The third-order valence-corrected chi connectivity index (χ3v) is 1.41. The summed E-state index contributed by atoms with van der Waals surface area (Å²) >= 11 is 0. The largest absolute Gasteiger partial charge is 1.00 e. The van der Waals surface area contributed by atoms with Crippen molar-refractivity contribution in [3.8, 4) is 0 Å². The van der Waals surface area contributed by atoms with Gasteiger partial charge in [-0.15, -0.1) is 0 Å². The Morgan fingerprint density at radius 1 is 0.895 bits per heavy atom. The molecule has 0 aliphatic heterocycles. The third-order valence-electron chi connectivity index (χ3n) is 1.41. The van der Waals surface area contributed by atoms with E-state index in [1.807, 2.05) is 0 Å². The van der Waals surface area contributed by atoms with Crippen molar-refractivity contribution in [2.75, 3.05) is 0 Å². The number of carbonyl (C=O) groups excluding carboxylic acids is 1. The number of nitrogens with two attached hydrogens (primary N) is 2. The van der Waals surface area contributed by atoms with Crippen LogP contribution in [0.1, 0.15) is 12.8 Å². The van der Waals surface area contributed by atoms with Gasteiger partial charge in [0, 0.05) is 0 Å². The number of carboxylic acids is 4. The Hall–Kier alpha value is -0.564. The molecule has 0 unspecified atom stereocenters. The fraction of sp³-hybridized carbons (Fsp3) is 0.500. The molecule has 11 heteroatoms. The minimum atomic E-state index is -1.54. The van der Waals surface area contributed by atoms with Crippen LogP contribution < -0.4 is 68.0 Å². The molecule has 0 aromatic rings. The smallest absolute Gasteiger partial charge is 0.548 e. The second-order valence-corrected chi connectivity index (χ2v) is 3.07. The number of aliphatic carboxylic acids is 4. The van der Waals surface area contributed by atoms with Crippen LogP contribution in [0.25, 0.3) is 0 Å². The van der Waals surface area contributed by atoms with Gasteiger partial charge in [-0.25, -0.2) is 0 Å². The van der Waals surface area contributed by atoms with Gasteiger partial charge in [0.2, 0.25) is 0 Å². The fourth-order valence-corrected chi connectivity index (χ4v) is 0.547. The van der Waals surface area contributed by atoms with Gasteiger partial charge in [0.15, 0.2) is 0 Å². The molecule has 0 aromatic heterocycles. The first kappa shape index (κ1) is 23.5. The summed E-state index contributed by atoms with van der Waals surface area (Å²) < 4.78 is 0. The van der Waals surface area contributed by atoms with E-state index in [1.54, 1.807) is 0 Å². The monoisotopic (exact) mass is 304 g/mol. The molecule has 0 heterocycles. The molecular weight excluding hydrogens is 291 g/mol. The SMILES string of the molecule is N[C@@H](CC(=O)O)C(=O)O.N[C@@H](CC(=O)O)C(=O)[O-].[K+]. The van der Waals surface area contributed by atoms with Gasteiger partial charge in [-0.2, -0.15) is 0 Å². The molecule has 104 valence electrons. The second kappa shape index (κ2) is 12.5. The van der Waals surface area contributed by atoms with E-state index in [0.29, 0.717) is 0 Å². The zero-order chi connectivity index (χ0) is 14.9. The van der Waals surface area contributed by atoms with E-state index >= 15 is 0 Å². The van der Waals surface area contributed by atoms with E-state index in [4.69, 9.17) is 26.8 Å². The molecule has 0 radical (unpaired) electrons. The minimum Gasteiger partial charge on any atom is -0.548 e. The van der Waals surface area contributed by atoms with Gasteiger partial charge in [0.25, 0.3) is 0 Å². The van der Waals surface area contributed by atoms with Crippen LogP contribution in [0.2, 0.25) is 0 Å². The molecule has 0 rings (SSSR count). The summed E-state index contributed by atoms with van der Waals surface area (Å²) in [6.07, 6.45) is -1.13. The summed E-state index contributed by atoms with van der Waals surface area (Å²) in [7, 11) is 0. The summed E-state index contributed by atoms with van der Waals surface area (Å²) in [6, 6.07) is -2.69. The van der Waals surface area contributed by atoms with Gasteiger partial charge in [0.1, 0.15) is 6.04 Å². The topological polar surface area (TPSA) is 204 Å². The number of rotatable bonds is 6. The molecule has 0 spiro atoms. The van der Waals surface area contributed by atoms with Crippen LogP contribution >= 0.6 is 0 Å². The summed E-state index contributed by atoms with van der Waals surface area (Å²) in [5.74, 6) is -5.29. The molecule has 0 aliphatic carbocycles. The molecule has 0 bridgehead atoms. The average molecular weight is 304 g/mol. The predicted molar refractivity (Wildman–Crippen MR) is 53.1 cm³/mol. The number of carboxylic acid groups (broad SMARTS) is 4. The first-order chi connectivity index (χ1) is 8.07. The van der Waals surface area contributed by atoms with Crippen molar-refractivity contribution in [1.82, 2.24) is 0 Å². The Labute approximate surface area is 150 Å². The summed E-state index contributed by atoms with van der Waals surface area (Å²) in [5, 5.41) is 33.7. The standard InChI is InChI=1S/2C4H7NO4.K/c2*5-2(4(8)9)1-3(6)7;/h2*2H,1,5H2,(H,6,7)(H,8,9);/q;;+1/p-1/t2*2-;/m00./s1. The van der Waals surface area contributed by atoms with Crippen molar-refractivity contribution in [3.63, 3.8) is 0 Å². The van der Waals surface area contributed by atoms with Gasteiger partial charge in [0.05, 0.1) is 24.9 Å². The van der Waals surface area contributed by atoms with Crippen molar-refractivity contribution in [1.29, 1.82) is 0 Å². The van der Waals surface area contributed by atoms with E-state index < -0.39 is 48.8 Å². The van der Waals surface area contributed by atoms with Crippen LogP contribution in [0.5, 0.6) is 0 Å². The van der Waals surface area contributed by atoms with Crippen molar-refractivity contribution >= 4 is 23.9 Å². The summed E-state index contributed by atoms with van der Waals surface area (Å²) in [5.41, 5.74) is 9.61. The van der Waals surface area contributed by atoms with Gasteiger partial charge in [-0.1, -0.05) is 0 Å². The molecule has 7 N–H and O–H groups in total. The molecule has 0 saturated carbocycles. The zero-order valence-electron chi connectivity index (χ0n) is 10.1. The Balaban J connectivity index is -0.000000256. The third kappa shape index (κ3) is 17.4. The van der Waals surface area contributed by atoms with Gasteiger partial charge in [-0.05, 0) is 0 Å². The van der Waals surface area contributed by atoms with Crippen LogP contribution in [0.15, 0.2) is 0 Å². The normalized spacial score (nSPS) is 11.9. The van der Waals surface area contributed by atoms with Crippen LogP contribution in [0, 0.1) is 0 Å². The van der Waals surface area contributed by atoms with Crippen LogP contribution in [0.3, 0.4) is 0 Å². The molecule has 0 fully saturated rings.